The average Bonchev–Trinajstić information content (AvgIpc) is 2.26. The average molecular weight is 241 g/mol. The summed E-state index contributed by atoms with van der Waals surface area (Å²) in [6, 6.07) is 2.40. The van der Waals surface area contributed by atoms with Crippen LogP contribution in [0.15, 0.2) is 12.1 Å². The summed E-state index contributed by atoms with van der Waals surface area (Å²) in [5, 5.41) is 2.93. The number of nitrogen functional groups attached to an aromatic ring is 1. The van der Waals surface area contributed by atoms with Gasteiger partial charge in [0.2, 0.25) is 0 Å². The van der Waals surface area contributed by atoms with Crippen LogP contribution in [0.25, 0.3) is 0 Å². The molecule has 17 heavy (non-hydrogen) atoms. The number of rotatable bonds is 2. The lowest BCUT2D eigenvalue weighted by atomic mass is 10.0. The van der Waals surface area contributed by atoms with Crippen molar-refractivity contribution in [2.75, 3.05) is 31.2 Å². The Morgan fingerprint density at radius 2 is 1.76 bits per heavy atom. The van der Waals surface area contributed by atoms with Crippen LogP contribution in [-0.2, 0) is 0 Å². The van der Waals surface area contributed by atoms with Crippen molar-refractivity contribution in [2.24, 2.45) is 0 Å². The zero-order chi connectivity index (χ0) is 12.4. The second kappa shape index (κ2) is 4.87. The van der Waals surface area contributed by atoms with Gasteiger partial charge in [0.15, 0.2) is 11.6 Å². The molecule has 1 aliphatic rings. The van der Waals surface area contributed by atoms with Crippen LogP contribution in [0.2, 0.25) is 0 Å². The number of nitrogens with zero attached hydrogens (tertiary/aromatic N) is 1. The van der Waals surface area contributed by atoms with Crippen LogP contribution in [-0.4, -0.2) is 31.1 Å². The van der Waals surface area contributed by atoms with Gasteiger partial charge in [-0.3, -0.25) is 0 Å². The number of anilines is 2. The third-order valence-corrected chi connectivity index (χ3v) is 3.13. The van der Waals surface area contributed by atoms with Crippen LogP contribution in [0.5, 0.6) is 0 Å². The van der Waals surface area contributed by atoms with Gasteiger partial charge in [0, 0.05) is 11.7 Å². The van der Waals surface area contributed by atoms with Crippen LogP contribution in [0.4, 0.5) is 20.2 Å². The maximum Gasteiger partial charge on any atom is 0.151 e. The van der Waals surface area contributed by atoms with E-state index in [2.05, 4.69) is 10.2 Å². The Balaban J connectivity index is 2.08. The van der Waals surface area contributed by atoms with Gasteiger partial charge in [-0.25, -0.2) is 8.78 Å². The molecule has 1 heterocycles. The molecule has 1 aliphatic heterocycles. The van der Waals surface area contributed by atoms with Crippen LogP contribution < -0.4 is 11.1 Å². The Morgan fingerprint density at radius 1 is 1.24 bits per heavy atom. The van der Waals surface area contributed by atoms with E-state index in [-0.39, 0.29) is 17.4 Å². The van der Waals surface area contributed by atoms with Gasteiger partial charge in [0.25, 0.3) is 0 Å². The Labute approximate surface area is 99.6 Å². The van der Waals surface area contributed by atoms with Gasteiger partial charge < -0.3 is 16.0 Å². The molecule has 3 N–H and O–H groups in total. The van der Waals surface area contributed by atoms with Crippen molar-refractivity contribution in [2.45, 2.75) is 18.9 Å². The molecular formula is C12H17F2N3. The molecule has 1 aromatic carbocycles. The van der Waals surface area contributed by atoms with E-state index in [0.717, 1.165) is 38.1 Å². The Kier molecular flexibility index (Phi) is 3.47. The van der Waals surface area contributed by atoms with E-state index in [1.807, 2.05) is 7.05 Å². The topological polar surface area (TPSA) is 41.3 Å². The number of hydrogen-bond acceptors (Lipinski definition) is 3. The molecule has 0 spiro atoms. The highest BCUT2D eigenvalue weighted by molar-refractivity contribution is 5.54. The Morgan fingerprint density at radius 3 is 2.29 bits per heavy atom. The highest BCUT2D eigenvalue weighted by atomic mass is 19.1. The quantitative estimate of drug-likeness (QED) is 0.779. The molecule has 0 atom stereocenters. The van der Waals surface area contributed by atoms with E-state index in [9.17, 15) is 8.78 Å². The lowest BCUT2D eigenvalue weighted by Crippen LogP contribution is -2.37. The lowest BCUT2D eigenvalue weighted by molar-refractivity contribution is 0.263. The van der Waals surface area contributed by atoms with Gasteiger partial charge in [0.05, 0.1) is 0 Å². The fraction of sp³-hybridized carbons (Fsp3) is 0.500. The first-order valence-corrected chi connectivity index (χ1v) is 5.76. The largest absolute Gasteiger partial charge is 0.399 e. The molecular weight excluding hydrogens is 224 g/mol. The van der Waals surface area contributed by atoms with E-state index < -0.39 is 11.6 Å². The molecule has 1 aromatic rings. The number of nitrogens with two attached hydrogens (primary N) is 1. The van der Waals surface area contributed by atoms with Crippen LogP contribution in [0.1, 0.15) is 12.8 Å². The first-order valence-electron chi connectivity index (χ1n) is 5.76. The number of likely N-dealkylation sites (tertiary alicyclic amines) is 1. The standard InChI is InChI=1S/C12H17F2N3/c1-17-4-2-9(3-5-17)16-12-10(13)6-8(15)7-11(12)14/h6-7,9,16H,2-5,15H2,1H3. The van der Waals surface area contributed by atoms with Gasteiger partial charge >= 0.3 is 0 Å². The summed E-state index contributed by atoms with van der Waals surface area (Å²) in [5.41, 5.74) is 5.41. The smallest absolute Gasteiger partial charge is 0.151 e. The van der Waals surface area contributed by atoms with E-state index in [1.165, 1.54) is 0 Å². The van der Waals surface area contributed by atoms with Gasteiger partial charge in [-0.05, 0) is 45.1 Å². The van der Waals surface area contributed by atoms with Gasteiger partial charge in [-0.15, -0.1) is 0 Å². The fourth-order valence-corrected chi connectivity index (χ4v) is 2.09. The predicted octanol–water partition coefficient (Wildman–Crippen LogP) is 2.05. The molecule has 94 valence electrons. The molecule has 0 bridgehead atoms. The molecule has 0 aliphatic carbocycles. The SMILES string of the molecule is CN1CCC(Nc2c(F)cc(N)cc2F)CC1. The van der Waals surface area contributed by atoms with Crippen molar-refractivity contribution in [3.63, 3.8) is 0 Å². The highest BCUT2D eigenvalue weighted by Gasteiger charge is 2.19. The van der Waals surface area contributed by atoms with Crippen LogP contribution >= 0.6 is 0 Å². The van der Waals surface area contributed by atoms with Gasteiger partial charge in [-0.2, -0.15) is 0 Å². The molecule has 0 amide bonds. The summed E-state index contributed by atoms with van der Waals surface area (Å²) < 4.78 is 27.1. The third-order valence-electron chi connectivity index (χ3n) is 3.13. The molecule has 0 aromatic heterocycles. The molecule has 0 saturated carbocycles. The molecule has 1 fully saturated rings. The maximum atomic E-state index is 13.6. The number of piperidine rings is 1. The van der Waals surface area contributed by atoms with E-state index in [0.29, 0.717) is 0 Å². The minimum Gasteiger partial charge on any atom is -0.399 e. The second-order valence-electron chi connectivity index (χ2n) is 4.58. The summed E-state index contributed by atoms with van der Waals surface area (Å²) in [7, 11) is 2.04. The van der Waals surface area contributed by atoms with Crippen molar-refractivity contribution in [3.05, 3.63) is 23.8 Å². The maximum absolute atomic E-state index is 13.6. The first-order chi connectivity index (χ1) is 8.06. The minimum absolute atomic E-state index is 0.0613. The normalized spacial score (nSPS) is 18.3. The number of halogens is 2. The van der Waals surface area contributed by atoms with E-state index in [4.69, 9.17) is 5.73 Å². The molecule has 2 rings (SSSR count). The minimum atomic E-state index is -0.624. The zero-order valence-corrected chi connectivity index (χ0v) is 9.84. The monoisotopic (exact) mass is 241 g/mol. The third kappa shape index (κ3) is 2.85. The molecule has 0 radical (unpaired) electrons. The highest BCUT2D eigenvalue weighted by Crippen LogP contribution is 2.24. The van der Waals surface area contributed by atoms with E-state index in [1.54, 1.807) is 0 Å². The second-order valence-corrected chi connectivity index (χ2v) is 4.58. The molecule has 5 heteroatoms. The van der Waals surface area contributed by atoms with Crippen molar-refractivity contribution < 1.29 is 8.78 Å². The van der Waals surface area contributed by atoms with Crippen molar-refractivity contribution in [1.82, 2.24) is 4.90 Å². The number of nitrogens with one attached hydrogen (secondary N) is 1. The molecule has 0 unspecified atom stereocenters. The number of benzene rings is 1. The van der Waals surface area contributed by atoms with Crippen molar-refractivity contribution >= 4 is 11.4 Å². The van der Waals surface area contributed by atoms with E-state index >= 15 is 0 Å². The summed E-state index contributed by atoms with van der Waals surface area (Å²) >= 11 is 0. The van der Waals surface area contributed by atoms with Crippen molar-refractivity contribution in [3.8, 4) is 0 Å². The Bertz CT molecular complexity index is 378. The molecule has 3 nitrogen and oxygen atoms in total. The number of hydrogen-bond donors (Lipinski definition) is 2. The Hall–Kier alpha value is -1.36. The van der Waals surface area contributed by atoms with Gasteiger partial charge in [-0.1, -0.05) is 0 Å². The van der Waals surface area contributed by atoms with Crippen LogP contribution in [0.3, 0.4) is 0 Å². The zero-order valence-electron chi connectivity index (χ0n) is 9.84. The summed E-state index contributed by atoms with van der Waals surface area (Å²) in [4.78, 5) is 2.20. The predicted molar refractivity (Wildman–Crippen MR) is 64.9 cm³/mol. The van der Waals surface area contributed by atoms with Crippen LogP contribution in [0, 0.1) is 11.6 Å². The van der Waals surface area contributed by atoms with Crippen molar-refractivity contribution in [1.29, 1.82) is 0 Å². The first kappa shape index (κ1) is 12.1. The molecule has 1 saturated heterocycles. The fourth-order valence-electron chi connectivity index (χ4n) is 2.09. The summed E-state index contributed by atoms with van der Waals surface area (Å²) in [5.74, 6) is -1.25. The summed E-state index contributed by atoms with van der Waals surface area (Å²) in [6.07, 6.45) is 1.78. The van der Waals surface area contributed by atoms with Gasteiger partial charge in [0.1, 0.15) is 5.69 Å². The lowest BCUT2D eigenvalue weighted by Gasteiger charge is -2.30. The summed E-state index contributed by atoms with van der Waals surface area (Å²) in [6.45, 7) is 1.88.